The van der Waals surface area contributed by atoms with Crippen LogP contribution in [0.1, 0.15) is 36.6 Å². The molecule has 0 radical (unpaired) electrons. The number of amides is 1. The van der Waals surface area contributed by atoms with Crippen molar-refractivity contribution in [1.82, 2.24) is 4.90 Å². The predicted molar refractivity (Wildman–Crippen MR) is 141 cm³/mol. The SMILES string of the molecule is CCOc1ccc([C@@H]2C(=C(O)c3ccc4c(c3)OCCO4)C(=O)C(=O)N2Cc2ccccc2)cc1OCC. The average Bonchev–Trinajstić information content (AvgIpc) is 3.19. The number of ether oxygens (including phenoxy) is 4. The topological polar surface area (TPSA) is 94.5 Å². The number of hydrogen-bond donors (Lipinski definition) is 1. The summed E-state index contributed by atoms with van der Waals surface area (Å²) in [4.78, 5) is 28.3. The number of hydrogen-bond acceptors (Lipinski definition) is 7. The fourth-order valence-electron chi connectivity index (χ4n) is 4.75. The third-order valence-corrected chi connectivity index (χ3v) is 6.43. The molecule has 0 aliphatic carbocycles. The molecule has 2 aliphatic heterocycles. The van der Waals surface area contributed by atoms with E-state index in [1.54, 1.807) is 36.4 Å². The van der Waals surface area contributed by atoms with E-state index in [0.717, 1.165) is 5.56 Å². The normalized spacial score (nSPS) is 17.9. The van der Waals surface area contributed by atoms with Gasteiger partial charge in [-0.25, -0.2) is 0 Å². The molecule has 0 bridgehead atoms. The maximum Gasteiger partial charge on any atom is 0.295 e. The number of fused-ring (bicyclic) bond motifs is 1. The van der Waals surface area contributed by atoms with E-state index in [1.165, 1.54) is 4.90 Å². The minimum atomic E-state index is -0.849. The van der Waals surface area contributed by atoms with Crippen LogP contribution in [0.2, 0.25) is 0 Å². The van der Waals surface area contributed by atoms with Crippen LogP contribution in [0.5, 0.6) is 23.0 Å². The van der Waals surface area contributed by atoms with Crippen LogP contribution >= 0.6 is 0 Å². The third-order valence-electron chi connectivity index (χ3n) is 6.43. The molecule has 0 saturated carbocycles. The Morgan fingerprint density at radius 2 is 1.61 bits per heavy atom. The molecule has 0 unspecified atom stereocenters. The number of rotatable bonds is 8. The summed E-state index contributed by atoms with van der Waals surface area (Å²) in [6.07, 6.45) is 0. The van der Waals surface area contributed by atoms with Gasteiger partial charge in [0.15, 0.2) is 23.0 Å². The second-order valence-electron chi connectivity index (χ2n) is 8.84. The minimum absolute atomic E-state index is 0.00535. The molecule has 38 heavy (non-hydrogen) atoms. The Balaban J connectivity index is 1.65. The number of carbonyl (C=O) groups excluding carboxylic acids is 2. The van der Waals surface area contributed by atoms with Crippen LogP contribution in [0.15, 0.2) is 72.3 Å². The number of nitrogens with zero attached hydrogens (tertiary/aromatic N) is 1. The largest absolute Gasteiger partial charge is 0.507 e. The first kappa shape index (κ1) is 25.2. The van der Waals surface area contributed by atoms with Gasteiger partial charge in [0.25, 0.3) is 11.7 Å². The third kappa shape index (κ3) is 4.77. The standard InChI is InChI=1S/C30H29NO7/c1-3-35-22-12-10-20(16-24(22)36-4-2)27-26(28(32)21-11-13-23-25(17-21)38-15-14-37-23)29(33)30(34)31(27)18-19-8-6-5-7-9-19/h5-13,16-17,27,32H,3-4,14-15,18H2,1-2H3/t27-/m1/s1. The van der Waals surface area contributed by atoms with Crippen molar-refractivity contribution in [3.8, 4) is 23.0 Å². The van der Waals surface area contributed by atoms with E-state index < -0.39 is 17.7 Å². The monoisotopic (exact) mass is 515 g/mol. The van der Waals surface area contributed by atoms with E-state index in [1.807, 2.05) is 44.2 Å². The van der Waals surface area contributed by atoms with Gasteiger partial charge >= 0.3 is 0 Å². The second kappa shape index (κ2) is 10.9. The maximum absolute atomic E-state index is 13.5. The number of likely N-dealkylation sites (tertiary alicyclic amines) is 1. The number of aliphatic hydroxyl groups excluding tert-OH is 1. The molecule has 2 aliphatic rings. The fraction of sp³-hybridized carbons (Fsp3) is 0.267. The Morgan fingerprint density at radius 3 is 2.34 bits per heavy atom. The molecule has 8 nitrogen and oxygen atoms in total. The summed E-state index contributed by atoms with van der Waals surface area (Å²) in [6, 6.07) is 18.8. The van der Waals surface area contributed by atoms with Crippen molar-refractivity contribution in [3.63, 3.8) is 0 Å². The highest BCUT2D eigenvalue weighted by Crippen LogP contribution is 2.43. The van der Waals surface area contributed by atoms with Gasteiger partial charge in [-0.1, -0.05) is 36.4 Å². The quantitative estimate of drug-likeness (QED) is 0.260. The molecule has 8 heteroatoms. The highest BCUT2D eigenvalue weighted by atomic mass is 16.6. The molecular weight excluding hydrogens is 486 g/mol. The lowest BCUT2D eigenvalue weighted by Crippen LogP contribution is -2.29. The Labute approximate surface area is 221 Å². The smallest absolute Gasteiger partial charge is 0.295 e. The van der Waals surface area contributed by atoms with Gasteiger partial charge in [0.05, 0.1) is 24.8 Å². The summed E-state index contributed by atoms with van der Waals surface area (Å²) >= 11 is 0. The van der Waals surface area contributed by atoms with Crippen molar-refractivity contribution in [3.05, 3.63) is 89.0 Å². The fourth-order valence-corrected chi connectivity index (χ4v) is 4.75. The Bertz CT molecular complexity index is 1380. The molecule has 0 spiro atoms. The molecule has 5 rings (SSSR count). The van der Waals surface area contributed by atoms with Crippen LogP contribution < -0.4 is 18.9 Å². The Hall–Kier alpha value is -4.46. The van der Waals surface area contributed by atoms with Crippen LogP contribution in [0, 0.1) is 0 Å². The zero-order chi connectivity index (χ0) is 26.6. The number of aliphatic hydroxyl groups is 1. The number of ketones is 1. The first-order valence-corrected chi connectivity index (χ1v) is 12.6. The van der Waals surface area contributed by atoms with E-state index >= 15 is 0 Å². The lowest BCUT2D eigenvalue weighted by atomic mass is 9.94. The van der Waals surface area contributed by atoms with E-state index in [2.05, 4.69) is 0 Å². The minimum Gasteiger partial charge on any atom is -0.507 e. The molecular formula is C30H29NO7. The van der Waals surface area contributed by atoms with Crippen LogP contribution in [0.4, 0.5) is 0 Å². The zero-order valence-corrected chi connectivity index (χ0v) is 21.3. The summed E-state index contributed by atoms with van der Waals surface area (Å²) in [5.41, 5.74) is 1.82. The summed E-state index contributed by atoms with van der Waals surface area (Å²) in [5.74, 6) is 0.348. The van der Waals surface area contributed by atoms with Gasteiger partial charge in [-0.15, -0.1) is 0 Å². The molecule has 0 aromatic heterocycles. The Morgan fingerprint density at radius 1 is 0.895 bits per heavy atom. The van der Waals surface area contributed by atoms with Crippen LogP contribution in [0.3, 0.4) is 0 Å². The molecule has 1 saturated heterocycles. The number of benzene rings is 3. The molecule has 3 aromatic carbocycles. The first-order valence-electron chi connectivity index (χ1n) is 12.6. The van der Waals surface area contributed by atoms with Crippen molar-refractivity contribution in [2.45, 2.75) is 26.4 Å². The van der Waals surface area contributed by atoms with Gasteiger partial charge in [0.2, 0.25) is 0 Å². The number of Topliss-reactive ketones (excluding diaryl/α,β-unsaturated/α-hetero) is 1. The van der Waals surface area contributed by atoms with E-state index in [4.69, 9.17) is 18.9 Å². The van der Waals surface area contributed by atoms with Crippen molar-refractivity contribution in [2.24, 2.45) is 0 Å². The van der Waals surface area contributed by atoms with Crippen molar-refractivity contribution in [2.75, 3.05) is 26.4 Å². The second-order valence-corrected chi connectivity index (χ2v) is 8.84. The van der Waals surface area contributed by atoms with Gasteiger partial charge in [-0.3, -0.25) is 9.59 Å². The maximum atomic E-state index is 13.5. The molecule has 2 heterocycles. The van der Waals surface area contributed by atoms with Crippen LogP contribution in [-0.4, -0.2) is 48.1 Å². The molecule has 1 fully saturated rings. The van der Waals surface area contributed by atoms with Gasteiger partial charge in [-0.05, 0) is 55.3 Å². The van der Waals surface area contributed by atoms with Gasteiger partial charge in [0, 0.05) is 12.1 Å². The lowest BCUT2D eigenvalue weighted by Gasteiger charge is -2.26. The van der Waals surface area contributed by atoms with E-state index in [0.29, 0.717) is 60.6 Å². The lowest BCUT2D eigenvalue weighted by molar-refractivity contribution is -0.140. The van der Waals surface area contributed by atoms with Crippen molar-refractivity contribution >= 4 is 17.4 Å². The van der Waals surface area contributed by atoms with E-state index in [-0.39, 0.29) is 17.9 Å². The van der Waals surface area contributed by atoms with Gasteiger partial charge in [0.1, 0.15) is 19.0 Å². The first-order chi connectivity index (χ1) is 18.5. The van der Waals surface area contributed by atoms with Gasteiger partial charge in [-0.2, -0.15) is 0 Å². The number of carbonyl (C=O) groups is 2. The van der Waals surface area contributed by atoms with Gasteiger partial charge < -0.3 is 29.0 Å². The molecule has 3 aromatic rings. The molecule has 1 atom stereocenters. The molecule has 1 amide bonds. The molecule has 196 valence electrons. The summed E-state index contributed by atoms with van der Waals surface area (Å²) < 4.78 is 22.8. The van der Waals surface area contributed by atoms with Crippen molar-refractivity contribution < 1.29 is 33.6 Å². The highest BCUT2D eigenvalue weighted by molar-refractivity contribution is 6.46. The summed E-state index contributed by atoms with van der Waals surface area (Å²) in [5, 5.41) is 11.5. The summed E-state index contributed by atoms with van der Waals surface area (Å²) in [7, 11) is 0. The summed E-state index contributed by atoms with van der Waals surface area (Å²) in [6.45, 7) is 5.61. The molecule has 1 N–H and O–H groups in total. The predicted octanol–water partition coefficient (Wildman–Crippen LogP) is 4.88. The average molecular weight is 516 g/mol. The van der Waals surface area contributed by atoms with Crippen LogP contribution in [0.25, 0.3) is 5.76 Å². The Kier molecular flexibility index (Phi) is 7.22. The van der Waals surface area contributed by atoms with Crippen LogP contribution in [-0.2, 0) is 16.1 Å². The zero-order valence-electron chi connectivity index (χ0n) is 21.3. The highest BCUT2D eigenvalue weighted by Gasteiger charge is 2.46. The van der Waals surface area contributed by atoms with E-state index in [9.17, 15) is 14.7 Å². The van der Waals surface area contributed by atoms with Crippen molar-refractivity contribution in [1.29, 1.82) is 0 Å².